The van der Waals surface area contributed by atoms with E-state index in [-0.39, 0.29) is 29.1 Å². The summed E-state index contributed by atoms with van der Waals surface area (Å²) in [7, 11) is -4.03. The SMILES string of the molecule is CC(C)(C)OC(=O)Nc1cc(NC(=O)C2(S(=O)(=O)c3ccc(Cl)cc3)CCCC2)ccc1F. The smallest absolute Gasteiger partial charge is 0.412 e. The average Bonchev–Trinajstić information content (AvgIpc) is 3.21. The van der Waals surface area contributed by atoms with Gasteiger partial charge in [0, 0.05) is 10.7 Å². The first-order valence-electron chi connectivity index (χ1n) is 10.5. The van der Waals surface area contributed by atoms with Gasteiger partial charge in [0.25, 0.3) is 0 Å². The monoisotopic (exact) mass is 496 g/mol. The molecule has 2 N–H and O–H groups in total. The number of halogens is 2. The van der Waals surface area contributed by atoms with Crippen LogP contribution < -0.4 is 10.6 Å². The Balaban J connectivity index is 1.87. The number of rotatable bonds is 5. The summed E-state index contributed by atoms with van der Waals surface area (Å²) in [5.74, 6) is -1.44. The molecule has 0 radical (unpaired) electrons. The molecule has 178 valence electrons. The molecule has 1 aliphatic carbocycles. The zero-order valence-corrected chi connectivity index (χ0v) is 20.1. The highest BCUT2D eigenvalue weighted by Gasteiger charge is 2.53. The van der Waals surface area contributed by atoms with Gasteiger partial charge < -0.3 is 10.1 Å². The maximum Gasteiger partial charge on any atom is 0.412 e. The lowest BCUT2D eigenvalue weighted by Crippen LogP contribution is -2.47. The van der Waals surface area contributed by atoms with E-state index in [9.17, 15) is 22.4 Å². The van der Waals surface area contributed by atoms with E-state index in [0.717, 1.165) is 6.07 Å². The van der Waals surface area contributed by atoms with Gasteiger partial charge in [-0.1, -0.05) is 24.4 Å². The summed E-state index contributed by atoms with van der Waals surface area (Å²) in [5.41, 5.74) is -0.842. The molecule has 10 heteroatoms. The Morgan fingerprint density at radius 1 is 1.03 bits per heavy atom. The Morgan fingerprint density at radius 3 is 2.21 bits per heavy atom. The van der Waals surface area contributed by atoms with Gasteiger partial charge in [0.15, 0.2) is 14.6 Å². The van der Waals surface area contributed by atoms with Crippen LogP contribution in [0.5, 0.6) is 0 Å². The summed E-state index contributed by atoms with van der Waals surface area (Å²) in [6.45, 7) is 5.01. The highest BCUT2D eigenvalue weighted by molar-refractivity contribution is 7.93. The zero-order chi connectivity index (χ0) is 24.4. The molecule has 1 saturated carbocycles. The van der Waals surface area contributed by atoms with E-state index < -0.39 is 38.0 Å². The van der Waals surface area contributed by atoms with Gasteiger partial charge in [0.05, 0.1) is 10.6 Å². The number of nitrogens with one attached hydrogen (secondary N) is 2. The topological polar surface area (TPSA) is 102 Å². The van der Waals surface area contributed by atoms with Gasteiger partial charge in [-0.3, -0.25) is 10.1 Å². The Kier molecular flexibility index (Phi) is 7.04. The second kappa shape index (κ2) is 9.30. The van der Waals surface area contributed by atoms with E-state index in [1.54, 1.807) is 20.8 Å². The number of amides is 2. The third-order valence-corrected chi connectivity index (χ3v) is 8.09. The summed E-state index contributed by atoms with van der Waals surface area (Å²) in [6, 6.07) is 9.27. The highest BCUT2D eigenvalue weighted by Crippen LogP contribution is 2.41. The fourth-order valence-corrected chi connectivity index (χ4v) is 5.95. The molecule has 2 aromatic rings. The minimum Gasteiger partial charge on any atom is -0.444 e. The van der Waals surface area contributed by atoms with Gasteiger partial charge >= 0.3 is 6.09 Å². The van der Waals surface area contributed by atoms with Gasteiger partial charge in [0.1, 0.15) is 11.4 Å². The molecule has 0 aromatic heterocycles. The number of sulfone groups is 1. The van der Waals surface area contributed by atoms with Crippen LogP contribution in [0.2, 0.25) is 5.02 Å². The Hall–Kier alpha value is -2.65. The van der Waals surface area contributed by atoms with E-state index in [4.69, 9.17) is 16.3 Å². The van der Waals surface area contributed by atoms with Gasteiger partial charge in [-0.25, -0.2) is 17.6 Å². The minimum absolute atomic E-state index is 0.00957. The number of carbonyl (C=O) groups excluding carboxylic acids is 2. The zero-order valence-electron chi connectivity index (χ0n) is 18.6. The first kappa shape index (κ1) is 25.0. The molecule has 0 unspecified atom stereocenters. The van der Waals surface area contributed by atoms with Crippen molar-refractivity contribution in [3.8, 4) is 0 Å². The van der Waals surface area contributed by atoms with Crippen LogP contribution in [-0.2, 0) is 19.4 Å². The first-order chi connectivity index (χ1) is 15.3. The minimum atomic E-state index is -4.03. The van der Waals surface area contributed by atoms with Crippen LogP contribution in [-0.4, -0.2) is 30.8 Å². The second-order valence-corrected chi connectivity index (χ2v) is 11.6. The van der Waals surface area contributed by atoms with Gasteiger partial charge in [-0.05, 0) is 76.1 Å². The predicted molar refractivity (Wildman–Crippen MR) is 125 cm³/mol. The lowest BCUT2D eigenvalue weighted by atomic mass is 10.1. The van der Waals surface area contributed by atoms with Crippen molar-refractivity contribution in [1.29, 1.82) is 0 Å². The first-order valence-corrected chi connectivity index (χ1v) is 12.3. The van der Waals surface area contributed by atoms with Crippen LogP contribution in [0.15, 0.2) is 47.4 Å². The molecule has 0 saturated heterocycles. The molecule has 0 aliphatic heterocycles. The van der Waals surface area contributed by atoms with Crippen molar-refractivity contribution in [2.75, 3.05) is 10.6 Å². The van der Waals surface area contributed by atoms with Crippen LogP contribution in [0.1, 0.15) is 46.5 Å². The molecule has 1 fully saturated rings. The second-order valence-electron chi connectivity index (χ2n) is 8.93. The molecule has 0 heterocycles. The fourth-order valence-electron chi connectivity index (χ4n) is 3.76. The van der Waals surface area contributed by atoms with Crippen LogP contribution in [0.25, 0.3) is 0 Å². The summed E-state index contributed by atoms with van der Waals surface area (Å²) < 4.78 is 44.6. The summed E-state index contributed by atoms with van der Waals surface area (Å²) in [5, 5.41) is 5.29. The molecular weight excluding hydrogens is 471 g/mol. The Labute approximate surface area is 197 Å². The number of benzene rings is 2. The van der Waals surface area contributed by atoms with Crippen molar-refractivity contribution < 1.29 is 27.1 Å². The lowest BCUT2D eigenvalue weighted by Gasteiger charge is -2.28. The maximum absolute atomic E-state index is 14.2. The van der Waals surface area contributed by atoms with Crippen molar-refractivity contribution in [2.24, 2.45) is 0 Å². The van der Waals surface area contributed by atoms with Crippen molar-refractivity contribution in [2.45, 2.75) is 61.7 Å². The molecule has 7 nitrogen and oxygen atoms in total. The maximum atomic E-state index is 14.2. The van der Waals surface area contributed by atoms with E-state index in [1.165, 1.54) is 36.4 Å². The molecule has 2 aromatic carbocycles. The van der Waals surface area contributed by atoms with Crippen LogP contribution in [0.3, 0.4) is 0 Å². The summed E-state index contributed by atoms with van der Waals surface area (Å²) in [4.78, 5) is 25.3. The molecule has 1 aliphatic rings. The largest absolute Gasteiger partial charge is 0.444 e. The van der Waals surface area contributed by atoms with Crippen molar-refractivity contribution in [3.63, 3.8) is 0 Å². The molecule has 0 bridgehead atoms. The molecule has 33 heavy (non-hydrogen) atoms. The molecule has 0 atom stereocenters. The van der Waals surface area contributed by atoms with E-state index >= 15 is 0 Å². The summed E-state index contributed by atoms with van der Waals surface area (Å²) >= 11 is 5.88. The number of hydrogen-bond acceptors (Lipinski definition) is 5. The van der Waals surface area contributed by atoms with Crippen molar-refractivity contribution in [3.05, 3.63) is 53.3 Å². The Bertz CT molecular complexity index is 1150. The lowest BCUT2D eigenvalue weighted by molar-refractivity contribution is -0.118. The standard InChI is InChI=1S/C23H26ClFN2O5S/c1-22(2,3)32-21(29)27-19-14-16(8-11-18(19)25)26-20(28)23(12-4-5-13-23)33(30,31)17-9-6-15(24)7-10-17/h6-11,14H,4-5,12-13H2,1-3H3,(H,26,28)(H,27,29). The van der Waals surface area contributed by atoms with Crippen LogP contribution in [0.4, 0.5) is 20.6 Å². The predicted octanol–water partition coefficient (Wildman–Crippen LogP) is 5.55. The number of carbonyl (C=O) groups is 2. The molecule has 3 rings (SSSR count). The molecule has 0 spiro atoms. The van der Waals surface area contributed by atoms with Gasteiger partial charge in [-0.15, -0.1) is 0 Å². The van der Waals surface area contributed by atoms with Gasteiger partial charge in [0.2, 0.25) is 5.91 Å². The van der Waals surface area contributed by atoms with E-state index in [1.807, 2.05) is 0 Å². The van der Waals surface area contributed by atoms with Crippen molar-refractivity contribution >= 4 is 44.8 Å². The third-order valence-electron chi connectivity index (χ3n) is 5.32. The summed E-state index contributed by atoms with van der Waals surface area (Å²) in [6.07, 6.45) is 0.620. The average molecular weight is 497 g/mol. The highest BCUT2D eigenvalue weighted by atomic mass is 35.5. The van der Waals surface area contributed by atoms with E-state index in [2.05, 4.69) is 10.6 Å². The van der Waals surface area contributed by atoms with Crippen LogP contribution in [0, 0.1) is 5.82 Å². The normalized spacial score (nSPS) is 15.7. The molecule has 2 amide bonds. The quantitative estimate of drug-likeness (QED) is 0.565. The van der Waals surface area contributed by atoms with Gasteiger partial charge in [-0.2, -0.15) is 0 Å². The number of anilines is 2. The molecular formula is C23H26ClFN2O5S. The fraction of sp³-hybridized carbons (Fsp3) is 0.391. The van der Waals surface area contributed by atoms with E-state index in [0.29, 0.717) is 17.9 Å². The number of hydrogen-bond donors (Lipinski definition) is 2. The third kappa shape index (κ3) is 5.47. The number of ether oxygens (including phenoxy) is 1. The van der Waals surface area contributed by atoms with Crippen molar-refractivity contribution in [1.82, 2.24) is 0 Å². The van der Waals surface area contributed by atoms with Crippen LogP contribution >= 0.6 is 11.6 Å². The Morgan fingerprint density at radius 2 is 1.64 bits per heavy atom.